The van der Waals surface area contributed by atoms with Crippen LogP contribution in [-0.4, -0.2) is 24.7 Å². The van der Waals surface area contributed by atoms with Gasteiger partial charge in [-0.25, -0.2) is 4.79 Å². The van der Waals surface area contributed by atoms with Gasteiger partial charge in [-0.3, -0.25) is 0 Å². The molecule has 0 atom stereocenters. The molecular formula is C15H18Cl4NO2+. The first kappa shape index (κ1) is 18.2. The van der Waals surface area contributed by atoms with Crippen LogP contribution < -0.4 is 5.32 Å². The lowest BCUT2D eigenvalue weighted by molar-refractivity contribution is -0.665. The van der Waals surface area contributed by atoms with E-state index in [1.165, 1.54) is 6.07 Å². The van der Waals surface area contributed by atoms with Crippen LogP contribution >= 0.6 is 46.4 Å². The summed E-state index contributed by atoms with van der Waals surface area (Å²) >= 11 is 24.0. The minimum atomic E-state index is -0.576. The molecule has 122 valence electrons. The van der Waals surface area contributed by atoms with Gasteiger partial charge in [0, 0.05) is 18.8 Å². The van der Waals surface area contributed by atoms with E-state index < -0.39 is 11.6 Å². The first-order chi connectivity index (χ1) is 10.2. The van der Waals surface area contributed by atoms with E-state index in [-0.39, 0.29) is 25.7 Å². The number of quaternary nitrogens is 1. The fourth-order valence-corrected chi connectivity index (χ4v) is 3.60. The molecule has 1 saturated heterocycles. The highest BCUT2D eigenvalue weighted by atomic mass is 35.5. The average molecular weight is 386 g/mol. The molecule has 0 unspecified atom stereocenters. The van der Waals surface area contributed by atoms with Gasteiger partial charge in [0.25, 0.3) is 0 Å². The van der Waals surface area contributed by atoms with Crippen molar-refractivity contribution in [1.29, 1.82) is 0 Å². The van der Waals surface area contributed by atoms with Crippen LogP contribution in [0.25, 0.3) is 0 Å². The summed E-state index contributed by atoms with van der Waals surface area (Å²) in [6, 6.07) is 1.39. The van der Waals surface area contributed by atoms with Crippen molar-refractivity contribution >= 4 is 52.4 Å². The highest BCUT2D eigenvalue weighted by molar-refractivity contribution is 6.52. The number of rotatable bonds is 3. The fourth-order valence-electron chi connectivity index (χ4n) is 2.72. The zero-order valence-electron chi connectivity index (χ0n) is 12.4. The van der Waals surface area contributed by atoms with Crippen LogP contribution in [0.1, 0.15) is 37.0 Å². The molecule has 2 rings (SSSR count). The molecular weight excluding hydrogens is 368 g/mol. The summed E-state index contributed by atoms with van der Waals surface area (Å²) in [5, 5.41) is 2.70. The maximum absolute atomic E-state index is 12.5. The van der Waals surface area contributed by atoms with Crippen molar-refractivity contribution < 1.29 is 14.8 Å². The van der Waals surface area contributed by atoms with Crippen LogP contribution in [0.15, 0.2) is 6.07 Å². The highest BCUT2D eigenvalue weighted by Gasteiger charge is 2.36. The summed E-state index contributed by atoms with van der Waals surface area (Å²) in [5.74, 6) is -0.219. The molecule has 1 fully saturated rings. The molecule has 2 N–H and O–H groups in total. The molecule has 0 radical (unpaired) electrons. The molecule has 7 heteroatoms. The van der Waals surface area contributed by atoms with E-state index in [9.17, 15) is 4.79 Å². The zero-order chi connectivity index (χ0) is 16.5. The Labute approximate surface area is 150 Å². The number of piperidine rings is 1. The quantitative estimate of drug-likeness (QED) is 0.481. The van der Waals surface area contributed by atoms with E-state index in [1.807, 2.05) is 13.8 Å². The minimum absolute atomic E-state index is 0.0628. The lowest BCUT2D eigenvalue weighted by atomic mass is 9.83. The van der Waals surface area contributed by atoms with E-state index >= 15 is 0 Å². The standard InChI is InChI=1S/C15H17Cl4NO2/c1-15(2,8-3-5-20-6-4-8)22-14(21)9-7-10(16)12(18)13(19)11(9)17/h7-8,20H,3-6H2,1-2H3/p+1. The maximum atomic E-state index is 12.5. The van der Waals surface area contributed by atoms with Crippen molar-refractivity contribution in [3.63, 3.8) is 0 Å². The van der Waals surface area contributed by atoms with Crippen molar-refractivity contribution in [3.05, 3.63) is 31.7 Å². The Bertz CT molecular complexity index is 583. The van der Waals surface area contributed by atoms with Gasteiger partial charge < -0.3 is 10.1 Å². The molecule has 0 amide bonds. The first-order valence-electron chi connectivity index (χ1n) is 7.12. The summed E-state index contributed by atoms with van der Waals surface area (Å²) in [7, 11) is 0. The number of nitrogens with two attached hydrogens (primary N) is 1. The summed E-state index contributed by atoms with van der Waals surface area (Å²) in [4.78, 5) is 12.5. The number of halogens is 4. The van der Waals surface area contributed by atoms with Gasteiger partial charge in [0.15, 0.2) is 0 Å². The third kappa shape index (κ3) is 3.82. The Morgan fingerprint density at radius 1 is 1.14 bits per heavy atom. The SMILES string of the molecule is CC(C)(OC(=O)c1cc(Cl)c(Cl)c(Cl)c1Cl)C1CC[NH2+]CC1. The van der Waals surface area contributed by atoms with Gasteiger partial charge in [0.05, 0.1) is 38.7 Å². The molecule has 1 aromatic rings. The summed E-state index contributed by atoms with van der Waals surface area (Å²) in [6.07, 6.45) is 2.02. The van der Waals surface area contributed by atoms with Gasteiger partial charge in [-0.15, -0.1) is 0 Å². The predicted octanol–water partition coefficient (Wildman–Crippen LogP) is 4.21. The molecule has 1 aromatic carbocycles. The lowest BCUT2D eigenvalue weighted by Gasteiger charge is -2.35. The van der Waals surface area contributed by atoms with Crippen LogP contribution in [0.2, 0.25) is 20.1 Å². The first-order valence-corrected chi connectivity index (χ1v) is 8.63. The number of carbonyl (C=O) groups excluding carboxylic acids is 1. The zero-order valence-corrected chi connectivity index (χ0v) is 15.4. The van der Waals surface area contributed by atoms with Crippen LogP contribution in [0.4, 0.5) is 0 Å². The lowest BCUT2D eigenvalue weighted by Crippen LogP contribution is -2.86. The van der Waals surface area contributed by atoms with E-state index in [0.717, 1.165) is 25.9 Å². The minimum Gasteiger partial charge on any atom is -0.456 e. The number of ether oxygens (including phenoxy) is 1. The smallest absolute Gasteiger partial charge is 0.340 e. The Morgan fingerprint density at radius 3 is 2.32 bits per heavy atom. The van der Waals surface area contributed by atoms with E-state index in [1.54, 1.807) is 0 Å². The van der Waals surface area contributed by atoms with Crippen LogP contribution in [0.5, 0.6) is 0 Å². The van der Waals surface area contributed by atoms with E-state index in [2.05, 4.69) is 5.32 Å². The number of hydrogen-bond acceptors (Lipinski definition) is 2. The van der Waals surface area contributed by atoms with Crippen molar-refractivity contribution in [2.24, 2.45) is 5.92 Å². The number of hydrogen-bond donors (Lipinski definition) is 1. The molecule has 0 spiro atoms. The van der Waals surface area contributed by atoms with Crippen molar-refractivity contribution in [2.45, 2.75) is 32.3 Å². The molecule has 22 heavy (non-hydrogen) atoms. The molecule has 1 aliphatic rings. The third-order valence-electron chi connectivity index (χ3n) is 4.10. The van der Waals surface area contributed by atoms with Crippen LogP contribution in [-0.2, 0) is 4.74 Å². The normalized spacial score (nSPS) is 16.6. The molecule has 0 bridgehead atoms. The van der Waals surface area contributed by atoms with Gasteiger partial charge in [-0.05, 0) is 19.9 Å². The highest BCUT2D eigenvalue weighted by Crippen LogP contribution is 2.39. The van der Waals surface area contributed by atoms with Gasteiger partial charge in [-0.1, -0.05) is 46.4 Å². The second-order valence-electron chi connectivity index (χ2n) is 5.98. The number of carbonyl (C=O) groups is 1. The largest absolute Gasteiger partial charge is 0.456 e. The molecule has 0 saturated carbocycles. The van der Waals surface area contributed by atoms with Gasteiger partial charge in [0.2, 0.25) is 0 Å². The average Bonchev–Trinajstić information content (AvgIpc) is 2.49. The monoisotopic (exact) mass is 384 g/mol. The van der Waals surface area contributed by atoms with Gasteiger partial charge in [-0.2, -0.15) is 0 Å². The molecule has 1 heterocycles. The summed E-state index contributed by atoms with van der Waals surface area (Å²) in [5.41, 5.74) is -0.440. The fraction of sp³-hybridized carbons (Fsp3) is 0.533. The van der Waals surface area contributed by atoms with Crippen molar-refractivity contribution in [2.75, 3.05) is 13.1 Å². The number of esters is 1. The summed E-state index contributed by atoms with van der Waals surface area (Å²) in [6.45, 7) is 5.94. The van der Waals surface area contributed by atoms with Gasteiger partial charge in [0.1, 0.15) is 5.60 Å². The Kier molecular flexibility index (Phi) is 5.89. The van der Waals surface area contributed by atoms with E-state index in [4.69, 9.17) is 51.1 Å². The summed E-state index contributed by atoms with van der Waals surface area (Å²) < 4.78 is 5.70. The van der Waals surface area contributed by atoms with Crippen molar-refractivity contribution in [1.82, 2.24) is 0 Å². The maximum Gasteiger partial charge on any atom is 0.340 e. The topological polar surface area (TPSA) is 42.9 Å². The second-order valence-corrected chi connectivity index (χ2v) is 7.52. The van der Waals surface area contributed by atoms with Gasteiger partial charge >= 0.3 is 5.97 Å². The molecule has 3 nitrogen and oxygen atoms in total. The third-order valence-corrected chi connectivity index (χ3v) is 5.85. The number of benzene rings is 1. The van der Waals surface area contributed by atoms with E-state index in [0.29, 0.717) is 5.92 Å². The molecule has 0 aliphatic carbocycles. The molecule has 1 aliphatic heterocycles. The van der Waals surface area contributed by atoms with Crippen molar-refractivity contribution in [3.8, 4) is 0 Å². The van der Waals surface area contributed by atoms with Crippen LogP contribution in [0.3, 0.4) is 0 Å². The predicted molar refractivity (Wildman–Crippen MR) is 90.4 cm³/mol. The Hall–Kier alpha value is -0.190. The second kappa shape index (κ2) is 7.14. The molecule has 0 aromatic heterocycles. The van der Waals surface area contributed by atoms with Crippen LogP contribution in [0, 0.1) is 5.92 Å². The Morgan fingerprint density at radius 2 is 1.73 bits per heavy atom. The Balaban J connectivity index is 2.22.